The summed E-state index contributed by atoms with van der Waals surface area (Å²) in [7, 11) is 4.52. The van der Waals surface area contributed by atoms with E-state index < -0.39 is 6.04 Å². The second-order valence-corrected chi connectivity index (χ2v) is 5.62. The highest BCUT2D eigenvalue weighted by Crippen LogP contribution is 2.29. The number of likely N-dealkylation sites (tertiary alicyclic amines) is 1. The van der Waals surface area contributed by atoms with E-state index in [4.69, 9.17) is 14.2 Å². The van der Waals surface area contributed by atoms with Gasteiger partial charge in [-0.2, -0.15) is 0 Å². The number of rotatable bonds is 6. The topological polar surface area (TPSA) is 65.1 Å². The van der Waals surface area contributed by atoms with E-state index in [2.05, 4.69) is 0 Å². The molecular weight excluding hydrogens is 298 g/mol. The van der Waals surface area contributed by atoms with Crippen molar-refractivity contribution in [3.05, 3.63) is 23.8 Å². The van der Waals surface area contributed by atoms with E-state index in [9.17, 15) is 9.59 Å². The van der Waals surface area contributed by atoms with E-state index in [0.717, 1.165) is 5.56 Å². The Hall–Kier alpha value is -2.24. The van der Waals surface area contributed by atoms with Gasteiger partial charge in [-0.05, 0) is 37.5 Å². The van der Waals surface area contributed by atoms with Gasteiger partial charge in [-0.1, -0.05) is 6.07 Å². The summed E-state index contributed by atoms with van der Waals surface area (Å²) in [5.41, 5.74) is 1.01. The first-order valence-electron chi connectivity index (χ1n) is 7.61. The summed E-state index contributed by atoms with van der Waals surface area (Å²) in [5, 5.41) is 0. The molecule has 0 bridgehead atoms. The second kappa shape index (κ2) is 7.35. The number of esters is 1. The van der Waals surface area contributed by atoms with Gasteiger partial charge in [0.25, 0.3) is 0 Å². The number of methoxy groups -OCH3 is 3. The quantitative estimate of drug-likeness (QED) is 0.748. The fraction of sp³-hybridized carbons (Fsp3) is 0.529. The van der Waals surface area contributed by atoms with Crippen LogP contribution in [0.3, 0.4) is 0 Å². The number of ether oxygens (including phenoxy) is 3. The van der Waals surface area contributed by atoms with Crippen LogP contribution in [0.15, 0.2) is 18.2 Å². The summed E-state index contributed by atoms with van der Waals surface area (Å²) < 4.78 is 15.3. The molecule has 1 aliphatic rings. The summed E-state index contributed by atoms with van der Waals surface area (Å²) in [5.74, 6) is 0.950. The van der Waals surface area contributed by atoms with Gasteiger partial charge in [0.05, 0.1) is 21.3 Å². The maximum absolute atomic E-state index is 12.1. The zero-order chi connectivity index (χ0) is 17.0. The van der Waals surface area contributed by atoms with E-state index in [1.807, 2.05) is 25.1 Å². The molecule has 2 rings (SSSR count). The van der Waals surface area contributed by atoms with Crippen LogP contribution in [0.2, 0.25) is 0 Å². The van der Waals surface area contributed by atoms with Crippen molar-refractivity contribution in [2.45, 2.75) is 38.3 Å². The average molecular weight is 321 g/mol. The van der Waals surface area contributed by atoms with Crippen molar-refractivity contribution >= 4 is 11.9 Å². The normalized spacial score (nSPS) is 18.7. The largest absolute Gasteiger partial charge is 0.493 e. The van der Waals surface area contributed by atoms with Crippen molar-refractivity contribution in [3.8, 4) is 11.5 Å². The van der Waals surface area contributed by atoms with Gasteiger partial charge in [0, 0.05) is 12.5 Å². The minimum absolute atomic E-state index is 0.00613. The van der Waals surface area contributed by atoms with Crippen LogP contribution in [0.1, 0.15) is 25.3 Å². The van der Waals surface area contributed by atoms with Crippen LogP contribution >= 0.6 is 0 Å². The molecule has 0 spiro atoms. The van der Waals surface area contributed by atoms with Crippen LogP contribution in [0, 0.1) is 0 Å². The third kappa shape index (κ3) is 3.57. The highest BCUT2D eigenvalue weighted by atomic mass is 16.5. The van der Waals surface area contributed by atoms with Gasteiger partial charge in [0.1, 0.15) is 6.04 Å². The zero-order valence-corrected chi connectivity index (χ0v) is 14.0. The molecule has 1 aliphatic heterocycles. The molecule has 0 radical (unpaired) electrons. The zero-order valence-electron chi connectivity index (χ0n) is 14.0. The monoisotopic (exact) mass is 321 g/mol. The molecule has 1 fully saturated rings. The Morgan fingerprint density at radius 2 is 1.96 bits per heavy atom. The third-order valence-corrected chi connectivity index (χ3v) is 4.18. The number of benzene rings is 1. The highest BCUT2D eigenvalue weighted by molar-refractivity contribution is 5.88. The number of hydrogen-bond acceptors (Lipinski definition) is 5. The van der Waals surface area contributed by atoms with Crippen molar-refractivity contribution < 1.29 is 23.8 Å². The molecule has 1 saturated heterocycles. The summed E-state index contributed by atoms with van der Waals surface area (Å²) in [4.78, 5) is 25.6. The Balaban J connectivity index is 2.15. The number of nitrogens with zero attached hydrogens (tertiary/aromatic N) is 1. The van der Waals surface area contributed by atoms with Crippen molar-refractivity contribution in [1.29, 1.82) is 0 Å². The van der Waals surface area contributed by atoms with Crippen LogP contribution in [-0.4, -0.2) is 50.2 Å². The summed E-state index contributed by atoms with van der Waals surface area (Å²) in [6.07, 6.45) is 1.53. The Morgan fingerprint density at radius 3 is 2.57 bits per heavy atom. The molecule has 1 aromatic carbocycles. The van der Waals surface area contributed by atoms with Crippen LogP contribution in [0.4, 0.5) is 0 Å². The van der Waals surface area contributed by atoms with Crippen LogP contribution in [-0.2, 0) is 20.7 Å². The van der Waals surface area contributed by atoms with Crippen molar-refractivity contribution in [2.75, 3.05) is 21.3 Å². The molecule has 6 heteroatoms. The summed E-state index contributed by atoms with van der Waals surface area (Å²) >= 11 is 0. The van der Waals surface area contributed by atoms with Gasteiger partial charge in [0.15, 0.2) is 11.5 Å². The molecule has 0 saturated carbocycles. The van der Waals surface area contributed by atoms with E-state index in [1.165, 1.54) is 7.11 Å². The minimum Gasteiger partial charge on any atom is -0.493 e. The molecule has 6 nitrogen and oxygen atoms in total. The number of hydrogen-bond donors (Lipinski definition) is 0. The Bertz CT molecular complexity index is 586. The Labute approximate surface area is 136 Å². The van der Waals surface area contributed by atoms with Crippen LogP contribution in [0.5, 0.6) is 11.5 Å². The SMILES string of the molecule is COC(=O)C1CCC(=O)N1C(C)Cc1ccc(OC)c(OC)c1. The summed E-state index contributed by atoms with van der Waals surface area (Å²) in [6, 6.07) is 5.08. The van der Waals surface area contributed by atoms with Crippen LogP contribution in [0.25, 0.3) is 0 Å². The first-order chi connectivity index (χ1) is 11.0. The van der Waals surface area contributed by atoms with E-state index in [1.54, 1.807) is 19.1 Å². The molecule has 1 heterocycles. The lowest BCUT2D eigenvalue weighted by Gasteiger charge is -2.29. The lowest BCUT2D eigenvalue weighted by Crippen LogP contribution is -2.45. The predicted molar refractivity (Wildman–Crippen MR) is 84.6 cm³/mol. The summed E-state index contributed by atoms with van der Waals surface area (Å²) in [6.45, 7) is 1.94. The smallest absolute Gasteiger partial charge is 0.328 e. The van der Waals surface area contributed by atoms with Gasteiger partial charge < -0.3 is 19.1 Å². The van der Waals surface area contributed by atoms with E-state index in [-0.39, 0.29) is 17.9 Å². The van der Waals surface area contributed by atoms with Crippen molar-refractivity contribution in [2.24, 2.45) is 0 Å². The molecule has 0 aromatic heterocycles. The highest BCUT2D eigenvalue weighted by Gasteiger charge is 2.39. The van der Waals surface area contributed by atoms with Gasteiger partial charge in [-0.25, -0.2) is 4.79 Å². The first kappa shape index (κ1) is 17.1. The molecular formula is C17H23NO5. The third-order valence-electron chi connectivity index (χ3n) is 4.18. The Morgan fingerprint density at radius 1 is 1.26 bits per heavy atom. The molecule has 23 heavy (non-hydrogen) atoms. The standard InChI is InChI=1S/C17H23NO5/c1-11(18-13(17(20)23-4)6-8-16(18)19)9-12-5-7-14(21-2)15(10-12)22-3/h5,7,10-11,13H,6,8-9H2,1-4H3. The van der Waals surface area contributed by atoms with Crippen molar-refractivity contribution in [1.82, 2.24) is 4.90 Å². The lowest BCUT2D eigenvalue weighted by atomic mass is 10.0. The van der Waals surface area contributed by atoms with Gasteiger partial charge in [-0.15, -0.1) is 0 Å². The molecule has 126 valence electrons. The number of carbonyl (C=O) groups is 2. The number of amides is 1. The Kier molecular flexibility index (Phi) is 5.47. The maximum atomic E-state index is 12.1. The molecule has 1 amide bonds. The van der Waals surface area contributed by atoms with Crippen molar-refractivity contribution in [3.63, 3.8) is 0 Å². The average Bonchev–Trinajstić information content (AvgIpc) is 2.95. The lowest BCUT2D eigenvalue weighted by molar-refractivity contribution is -0.150. The minimum atomic E-state index is -0.484. The maximum Gasteiger partial charge on any atom is 0.328 e. The second-order valence-electron chi connectivity index (χ2n) is 5.62. The van der Waals surface area contributed by atoms with E-state index >= 15 is 0 Å². The molecule has 1 aromatic rings. The number of carbonyl (C=O) groups excluding carboxylic acids is 2. The molecule has 0 aliphatic carbocycles. The predicted octanol–water partition coefficient (Wildman–Crippen LogP) is 1.80. The first-order valence-corrected chi connectivity index (χ1v) is 7.61. The van der Waals surface area contributed by atoms with Gasteiger partial charge in [0.2, 0.25) is 5.91 Å². The van der Waals surface area contributed by atoms with Gasteiger partial charge >= 0.3 is 5.97 Å². The fourth-order valence-corrected chi connectivity index (χ4v) is 3.07. The molecule has 2 atom stereocenters. The van der Waals surface area contributed by atoms with E-state index in [0.29, 0.717) is 30.8 Å². The molecule has 2 unspecified atom stereocenters. The van der Waals surface area contributed by atoms with Crippen LogP contribution < -0.4 is 9.47 Å². The van der Waals surface area contributed by atoms with Gasteiger partial charge in [-0.3, -0.25) is 4.79 Å². The molecule has 0 N–H and O–H groups in total. The fourth-order valence-electron chi connectivity index (χ4n) is 3.07.